The molecule has 1 aliphatic rings. The normalized spacial score (nSPS) is 15.1. The molecule has 18 heavy (non-hydrogen) atoms. The van der Waals surface area contributed by atoms with Gasteiger partial charge in [-0.05, 0) is 25.1 Å². The van der Waals surface area contributed by atoms with Gasteiger partial charge in [-0.15, -0.1) is 0 Å². The highest BCUT2D eigenvalue weighted by Crippen LogP contribution is 2.39. The molecule has 1 aromatic carbocycles. The van der Waals surface area contributed by atoms with Crippen LogP contribution in [0.4, 0.5) is 13.2 Å². The minimum Gasteiger partial charge on any atom is -0.297 e. The minimum atomic E-state index is -0.983. The SMILES string of the molecule is Fc1cc(F)c(-c2n[nH]c(=S)n2C2CC2)c(F)c1. The first-order valence-electron chi connectivity index (χ1n) is 5.39. The predicted octanol–water partition coefficient (Wildman–Crippen LogP) is 3.36. The number of hydrogen-bond acceptors (Lipinski definition) is 2. The number of aromatic nitrogens is 3. The van der Waals surface area contributed by atoms with E-state index < -0.39 is 17.5 Å². The summed E-state index contributed by atoms with van der Waals surface area (Å²) in [6, 6.07) is 1.39. The van der Waals surface area contributed by atoms with Crippen LogP contribution in [0.25, 0.3) is 11.4 Å². The molecule has 1 N–H and O–H groups in total. The molecular weight excluding hydrogens is 263 g/mol. The first kappa shape index (κ1) is 11.5. The molecule has 1 aliphatic carbocycles. The van der Waals surface area contributed by atoms with Crippen LogP contribution in [-0.2, 0) is 0 Å². The Kier molecular flexibility index (Phi) is 2.51. The molecule has 2 aromatic rings. The van der Waals surface area contributed by atoms with Crippen molar-refractivity contribution in [1.29, 1.82) is 0 Å². The molecule has 0 amide bonds. The first-order chi connectivity index (χ1) is 8.58. The molecule has 0 atom stereocenters. The van der Waals surface area contributed by atoms with Crippen molar-refractivity contribution in [3.05, 3.63) is 34.4 Å². The van der Waals surface area contributed by atoms with E-state index in [1.807, 2.05) is 0 Å². The molecule has 1 fully saturated rings. The van der Waals surface area contributed by atoms with Crippen molar-refractivity contribution in [1.82, 2.24) is 14.8 Å². The third-order valence-electron chi connectivity index (χ3n) is 2.85. The molecule has 1 saturated carbocycles. The minimum absolute atomic E-state index is 0.0810. The lowest BCUT2D eigenvalue weighted by atomic mass is 10.1. The van der Waals surface area contributed by atoms with E-state index >= 15 is 0 Å². The lowest BCUT2D eigenvalue weighted by molar-refractivity contribution is 0.544. The molecular formula is C11H8F3N3S. The zero-order chi connectivity index (χ0) is 12.9. The quantitative estimate of drug-likeness (QED) is 0.850. The van der Waals surface area contributed by atoms with Crippen LogP contribution >= 0.6 is 12.2 Å². The van der Waals surface area contributed by atoms with Gasteiger partial charge in [0.05, 0.1) is 5.56 Å². The lowest BCUT2D eigenvalue weighted by Crippen LogP contribution is -2.02. The fraction of sp³-hybridized carbons (Fsp3) is 0.273. The van der Waals surface area contributed by atoms with Gasteiger partial charge < -0.3 is 0 Å². The van der Waals surface area contributed by atoms with E-state index in [9.17, 15) is 13.2 Å². The van der Waals surface area contributed by atoms with Gasteiger partial charge in [0.15, 0.2) is 10.6 Å². The van der Waals surface area contributed by atoms with E-state index in [4.69, 9.17) is 12.2 Å². The standard InChI is InChI=1S/C11H8F3N3S/c12-5-3-7(13)9(8(14)4-5)10-15-16-11(18)17(10)6-1-2-6/h3-4,6H,1-2H2,(H,16,18). The highest BCUT2D eigenvalue weighted by molar-refractivity contribution is 7.71. The molecule has 0 bridgehead atoms. The number of hydrogen-bond donors (Lipinski definition) is 1. The van der Waals surface area contributed by atoms with Gasteiger partial charge in [-0.2, -0.15) is 5.10 Å². The molecule has 1 heterocycles. The molecule has 7 heteroatoms. The number of nitrogens with zero attached hydrogens (tertiary/aromatic N) is 2. The van der Waals surface area contributed by atoms with Crippen LogP contribution in [0.15, 0.2) is 12.1 Å². The smallest absolute Gasteiger partial charge is 0.195 e. The Bertz CT molecular complexity index is 649. The Morgan fingerprint density at radius 1 is 1.22 bits per heavy atom. The topological polar surface area (TPSA) is 33.6 Å². The summed E-state index contributed by atoms with van der Waals surface area (Å²) in [5.74, 6) is -2.84. The molecule has 0 unspecified atom stereocenters. The van der Waals surface area contributed by atoms with Crippen molar-refractivity contribution in [3.8, 4) is 11.4 Å². The number of benzene rings is 1. The highest BCUT2D eigenvalue weighted by Gasteiger charge is 2.30. The maximum atomic E-state index is 13.7. The number of H-pyrrole nitrogens is 1. The van der Waals surface area contributed by atoms with Crippen LogP contribution in [-0.4, -0.2) is 14.8 Å². The molecule has 0 spiro atoms. The molecule has 94 valence electrons. The number of halogens is 3. The van der Waals surface area contributed by atoms with Gasteiger partial charge in [-0.3, -0.25) is 9.67 Å². The van der Waals surface area contributed by atoms with E-state index in [0.29, 0.717) is 16.9 Å². The summed E-state index contributed by atoms with van der Waals surface area (Å²) in [4.78, 5) is 0. The van der Waals surface area contributed by atoms with E-state index in [-0.39, 0.29) is 17.4 Å². The fourth-order valence-corrected chi connectivity index (χ4v) is 2.19. The van der Waals surface area contributed by atoms with E-state index in [1.165, 1.54) is 0 Å². The van der Waals surface area contributed by atoms with E-state index in [2.05, 4.69) is 10.2 Å². The molecule has 3 nitrogen and oxygen atoms in total. The Hall–Kier alpha value is -1.63. The Morgan fingerprint density at radius 2 is 1.83 bits per heavy atom. The Balaban J connectivity index is 2.24. The van der Waals surface area contributed by atoms with E-state index in [1.54, 1.807) is 4.57 Å². The van der Waals surface area contributed by atoms with E-state index in [0.717, 1.165) is 12.8 Å². The van der Waals surface area contributed by atoms with Crippen molar-refractivity contribution in [2.45, 2.75) is 18.9 Å². The van der Waals surface area contributed by atoms with Crippen molar-refractivity contribution in [3.63, 3.8) is 0 Å². The van der Waals surface area contributed by atoms with Crippen molar-refractivity contribution >= 4 is 12.2 Å². The maximum absolute atomic E-state index is 13.7. The van der Waals surface area contributed by atoms with Crippen LogP contribution in [0.5, 0.6) is 0 Å². The molecule has 1 aromatic heterocycles. The second-order valence-electron chi connectivity index (χ2n) is 4.20. The van der Waals surface area contributed by atoms with Gasteiger partial charge in [0.1, 0.15) is 17.5 Å². The number of nitrogens with one attached hydrogen (secondary N) is 1. The van der Waals surface area contributed by atoms with Crippen LogP contribution in [0.2, 0.25) is 0 Å². The summed E-state index contributed by atoms with van der Waals surface area (Å²) < 4.78 is 42.1. The molecule has 0 radical (unpaired) electrons. The average Bonchev–Trinajstić information content (AvgIpc) is 3.03. The summed E-state index contributed by atoms with van der Waals surface area (Å²) in [6.07, 6.45) is 1.79. The number of rotatable bonds is 2. The van der Waals surface area contributed by atoms with Crippen molar-refractivity contribution < 1.29 is 13.2 Å². The first-order valence-corrected chi connectivity index (χ1v) is 5.80. The predicted molar refractivity (Wildman–Crippen MR) is 61.0 cm³/mol. The Labute approximate surface area is 105 Å². The van der Waals surface area contributed by atoms with Gasteiger partial charge in [0, 0.05) is 18.2 Å². The van der Waals surface area contributed by atoms with Crippen molar-refractivity contribution in [2.75, 3.05) is 0 Å². The summed E-state index contributed by atoms with van der Waals surface area (Å²) in [5.41, 5.74) is -0.351. The monoisotopic (exact) mass is 271 g/mol. The third kappa shape index (κ3) is 1.74. The largest absolute Gasteiger partial charge is 0.297 e. The van der Waals surface area contributed by atoms with Crippen molar-refractivity contribution in [2.24, 2.45) is 0 Å². The van der Waals surface area contributed by atoms with Crippen LogP contribution in [0.3, 0.4) is 0 Å². The average molecular weight is 271 g/mol. The summed E-state index contributed by atoms with van der Waals surface area (Å²) in [5, 5.41) is 6.36. The molecule has 0 saturated heterocycles. The third-order valence-corrected chi connectivity index (χ3v) is 3.13. The summed E-state index contributed by atoms with van der Waals surface area (Å²) in [6.45, 7) is 0. The lowest BCUT2D eigenvalue weighted by Gasteiger charge is -2.07. The second kappa shape index (κ2) is 3.94. The second-order valence-corrected chi connectivity index (χ2v) is 4.58. The fourth-order valence-electron chi connectivity index (χ4n) is 1.91. The van der Waals surface area contributed by atoms with Crippen LogP contribution in [0, 0.1) is 22.2 Å². The number of aromatic amines is 1. The van der Waals surface area contributed by atoms with Gasteiger partial charge in [-0.1, -0.05) is 0 Å². The highest BCUT2D eigenvalue weighted by atomic mass is 32.1. The van der Waals surface area contributed by atoms with Gasteiger partial charge in [0.2, 0.25) is 0 Å². The van der Waals surface area contributed by atoms with Gasteiger partial charge in [-0.25, -0.2) is 13.2 Å². The van der Waals surface area contributed by atoms with Gasteiger partial charge >= 0.3 is 0 Å². The summed E-state index contributed by atoms with van der Waals surface area (Å²) >= 11 is 5.03. The summed E-state index contributed by atoms with van der Waals surface area (Å²) in [7, 11) is 0. The zero-order valence-corrected chi connectivity index (χ0v) is 9.90. The van der Waals surface area contributed by atoms with Crippen LogP contribution in [0.1, 0.15) is 18.9 Å². The zero-order valence-electron chi connectivity index (χ0n) is 9.08. The van der Waals surface area contributed by atoms with Gasteiger partial charge in [0.25, 0.3) is 0 Å². The molecule has 0 aliphatic heterocycles. The molecule has 3 rings (SSSR count). The van der Waals surface area contributed by atoms with Crippen LogP contribution < -0.4 is 0 Å². The Morgan fingerprint density at radius 3 is 2.39 bits per heavy atom. The maximum Gasteiger partial charge on any atom is 0.195 e.